The number of rotatable bonds is 4. The molecule has 1 N–H and O–H groups in total. The lowest BCUT2D eigenvalue weighted by Gasteiger charge is -2.12. The maximum atomic E-state index is 5.75. The Hall–Kier alpha value is -2.49. The monoisotopic (exact) mass is 268 g/mol. The van der Waals surface area contributed by atoms with Crippen molar-refractivity contribution in [1.29, 1.82) is 0 Å². The number of aromatic amines is 1. The summed E-state index contributed by atoms with van der Waals surface area (Å²) in [6.45, 7) is 4.01. The highest BCUT2D eigenvalue weighted by Crippen LogP contribution is 2.33. The summed E-state index contributed by atoms with van der Waals surface area (Å²) >= 11 is 0. The number of H-pyrrole nitrogens is 1. The highest BCUT2D eigenvalue weighted by Gasteiger charge is 2.13. The van der Waals surface area contributed by atoms with Gasteiger partial charge in [-0.15, -0.1) is 0 Å². The van der Waals surface area contributed by atoms with Gasteiger partial charge in [0.2, 0.25) is 0 Å². The molecule has 4 heteroatoms. The van der Waals surface area contributed by atoms with Gasteiger partial charge in [0.25, 0.3) is 0 Å². The molecule has 4 nitrogen and oxygen atoms in total. The van der Waals surface area contributed by atoms with Crippen LogP contribution in [0.3, 0.4) is 0 Å². The van der Waals surface area contributed by atoms with Crippen LogP contribution in [0.1, 0.15) is 13.8 Å². The first-order chi connectivity index (χ1) is 9.74. The molecule has 2 aromatic heterocycles. The molecule has 0 bridgehead atoms. The smallest absolute Gasteiger partial charge is 0.138 e. The third-order valence-corrected chi connectivity index (χ3v) is 2.90. The van der Waals surface area contributed by atoms with E-state index in [9.17, 15) is 0 Å². The third kappa shape index (κ3) is 2.45. The van der Waals surface area contributed by atoms with Gasteiger partial charge in [0, 0.05) is 23.5 Å². The van der Waals surface area contributed by atoms with Gasteiger partial charge >= 0.3 is 0 Å². The minimum atomic E-state index is 0.133. The highest BCUT2D eigenvalue weighted by molar-refractivity contribution is 5.79. The molecule has 3 rings (SSSR count). The molecule has 0 atom stereocenters. The van der Waals surface area contributed by atoms with Gasteiger partial charge in [-0.3, -0.25) is 0 Å². The van der Waals surface area contributed by atoms with E-state index in [0.717, 1.165) is 28.5 Å². The van der Waals surface area contributed by atoms with Crippen LogP contribution in [0.25, 0.3) is 22.7 Å². The summed E-state index contributed by atoms with van der Waals surface area (Å²) in [5.41, 5.74) is 1.95. The average molecular weight is 268 g/mol. The van der Waals surface area contributed by atoms with Crippen LogP contribution in [0, 0.1) is 0 Å². The van der Waals surface area contributed by atoms with Gasteiger partial charge in [0.05, 0.1) is 12.4 Å². The first kappa shape index (κ1) is 12.5. The van der Waals surface area contributed by atoms with Crippen LogP contribution in [0.15, 0.2) is 53.4 Å². The molecule has 0 spiro atoms. The molecule has 1 aromatic carbocycles. The van der Waals surface area contributed by atoms with Crippen molar-refractivity contribution < 1.29 is 9.15 Å². The fourth-order valence-electron chi connectivity index (χ4n) is 2.12. The molecule has 0 aliphatic heterocycles. The molecule has 0 unspecified atom stereocenters. The molecule has 0 amide bonds. The van der Waals surface area contributed by atoms with E-state index in [1.165, 1.54) is 0 Å². The zero-order valence-corrected chi connectivity index (χ0v) is 11.5. The standard InChI is InChI=1S/C16H16N2O2/c1-11(2)20-12-5-6-13(15-4-3-9-19-15)14(10-12)16-17-7-8-18-16/h3-11H,1-2H3,(H,17,18). The molecule has 0 aliphatic rings. The van der Waals surface area contributed by atoms with Crippen molar-refractivity contribution in [3.05, 3.63) is 49.0 Å². The molecular weight excluding hydrogens is 252 g/mol. The minimum Gasteiger partial charge on any atom is -0.491 e. The second-order valence-corrected chi connectivity index (χ2v) is 4.79. The van der Waals surface area contributed by atoms with Crippen LogP contribution >= 0.6 is 0 Å². The van der Waals surface area contributed by atoms with Gasteiger partial charge in [-0.2, -0.15) is 0 Å². The fraction of sp³-hybridized carbons (Fsp3) is 0.188. The van der Waals surface area contributed by atoms with E-state index in [2.05, 4.69) is 9.97 Å². The van der Waals surface area contributed by atoms with E-state index in [4.69, 9.17) is 9.15 Å². The van der Waals surface area contributed by atoms with Gasteiger partial charge in [-0.05, 0) is 44.2 Å². The Morgan fingerprint density at radius 2 is 2.10 bits per heavy atom. The number of aromatic nitrogens is 2. The Morgan fingerprint density at radius 3 is 2.75 bits per heavy atom. The highest BCUT2D eigenvalue weighted by atomic mass is 16.5. The van der Waals surface area contributed by atoms with Crippen LogP contribution in [-0.4, -0.2) is 16.1 Å². The number of furan rings is 1. The van der Waals surface area contributed by atoms with E-state index < -0.39 is 0 Å². The number of nitrogens with one attached hydrogen (secondary N) is 1. The Labute approximate surface area is 117 Å². The average Bonchev–Trinajstić information content (AvgIpc) is 3.11. The largest absolute Gasteiger partial charge is 0.491 e. The molecule has 0 radical (unpaired) electrons. The van der Waals surface area contributed by atoms with Gasteiger partial charge in [0.15, 0.2) is 0 Å². The molecular formula is C16H16N2O2. The van der Waals surface area contributed by atoms with E-state index in [-0.39, 0.29) is 6.10 Å². The van der Waals surface area contributed by atoms with Crippen molar-refractivity contribution in [1.82, 2.24) is 9.97 Å². The zero-order chi connectivity index (χ0) is 13.9. The number of hydrogen-bond acceptors (Lipinski definition) is 3. The summed E-state index contributed by atoms with van der Waals surface area (Å²) in [7, 11) is 0. The summed E-state index contributed by atoms with van der Waals surface area (Å²) < 4.78 is 11.2. The van der Waals surface area contributed by atoms with Crippen LogP contribution in [0.4, 0.5) is 0 Å². The second kappa shape index (κ2) is 5.25. The van der Waals surface area contributed by atoms with Gasteiger partial charge in [-0.1, -0.05) is 0 Å². The topological polar surface area (TPSA) is 51.1 Å². The van der Waals surface area contributed by atoms with Crippen LogP contribution in [-0.2, 0) is 0 Å². The van der Waals surface area contributed by atoms with Gasteiger partial charge in [0.1, 0.15) is 17.3 Å². The number of ether oxygens (including phenoxy) is 1. The van der Waals surface area contributed by atoms with E-state index >= 15 is 0 Å². The number of hydrogen-bond donors (Lipinski definition) is 1. The van der Waals surface area contributed by atoms with Crippen LogP contribution in [0.5, 0.6) is 5.75 Å². The quantitative estimate of drug-likeness (QED) is 0.774. The van der Waals surface area contributed by atoms with Crippen molar-refractivity contribution in [2.75, 3.05) is 0 Å². The number of benzene rings is 1. The summed E-state index contributed by atoms with van der Waals surface area (Å²) in [5.74, 6) is 2.43. The van der Waals surface area contributed by atoms with Gasteiger partial charge in [-0.25, -0.2) is 4.98 Å². The summed E-state index contributed by atoms with van der Waals surface area (Å²) in [6, 6.07) is 9.74. The molecule has 3 aromatic rings. The second-order valence-electron chi connectivity index (χ2n) is 4.79. The summed E-state index contributed by atoms with van der Waals surface area (Å²) in [4.78, 5) is 7.45. The van der Waals surface area contributed by atoms with Crippen molar-refractivity contribution in [2.24, 2.45) is 0 Å². The lowest BCUT2D eigenvalue weighted by Crippen LogP contribution is -2.05. The molecule has 102 valence electrons. The number of imidazole rings is 1. The lowest BCUT2D eigenvalue weighted by molar-refractivity contribution is 0.242. The molecule has 0 aliphatic carbocycles. The normalized spacial score (nSPS) is 10.9. The van der Waals surface area contributed by atoms with E-state index in [0.29, 0.717) is 0 Å². The zero-order valence-electron chi connectivity index (χ0n) is 11.5. The maximum absolute atomic E-state index is 5.75. The van der Waals surface area contributed by atoms with Crippen molar-refractivity contribution in [3.8, 4) is 28.5 Å². The van der Waals surface area contributed by atoms with E-state index in [1.807, 2.05) is 44.2 Å². The summed E-state index contributed by atoms with van der Waals surface area (Å²) in [6.07, 6.45) is 5.34. The van der Waals surface area contributed by atoms with Crippen LogP contribution in [0.2, 0.25) is 0 Å². The van der Waals surface area contributed by atoms with Gasteiger partial charge < -0.3 is 14.1 Å². The predicted molar refractivity (Wildman–Crippen MR) is 77.5 cm³/mol. The first-order valence-corrected chi connectivity index (χ1v) is 6.58. The Morgan fingerprint density at radius 1 is 1.20 bits per heavy atom. The number of nitrogens with zero attached hydrogens (tertiary/aromatic N) is 1. The molecule has 0 saturated heterocycles. The maximum Gasteiger partial charge on any atom is 0.138 e. The Bertz CT molecular complexity index is 671. The fourth-order valence-corrected chi connectivity index (χ4v) is 2.12. The first-order valence-electron chi connectivity index (χ1n) is 6.58. The van der Waals surface area contributed by atoms with Crippen molar-refractivity contribution in [3.63, 3.8) is 0 Å². The SMILES string of the molecule is CC(C)Oc1ccc(-c2ccco2)c(-c2ncc[nH]2)c1. The predicted octanol–water partition coefficient (Wildman–Crippen LogP) is 4.12. The van der Waals surface area contributed by atoms with Crippen molar-refractivity contribution >= 4 is 0 Å². The molecule has 0 saturated carbocycles. The van der Waals surface area contributed by atoms with Crippen molar-refractivity contribution in [2.45, 2.75) is 20.0 Å². The lowest BCUT2D eigenvalue weighted by atomic mass is 10.0. The Kier molecular flexibility index (Phi) is 3.29. The van der Waals surface area contributed by atoms with E-state index in [1.54, 1.807) is 18.7 Å². The van der Waals surface area contributed by atoms with Crippen LogP contribution < -0.4 is 4.74 Å². The Balaban J connectivity index is 2.10. The molecule has 2 heterocycles. The molecule has 20 heavy (non-hydrogen) atoms. The molecule has 0 fully saturated rings. The third-order valence-electron chi connectivity index (χ3n) is 2.90. The minimum absolute atomic E-state index is 0.133. The summed E-state index contributed by atoms with van der Waals surface area (Å²) in [5, 5.41) is 0.